The van der Waals surface area contributed by atoms with Crippen LogP contribution in [0.5, 0.6) is 11.5 Å². The number of hydrogen-bond acceptors (Lipinski definition) is 5. The largest absolute Gasteiger partial charge is 0.455 e. The molecule has 3 heterocycles. The zero-order chi connectivity index (χ0) is 29.7. The Labute approximate surface area is 263 Å². The second-order valence-corrected chi connectivity index (χ2v) is 11.9. The van der Waals surface area contributed by atoms with E-state index in [0.717, 1.165) is 65.3 Å². The molecule has 2 aromatic heterocycles. The van der Waals surface area contributed by atoms with Crippen LogP contribution in [0.3, 0.4) is 0 Å². The van der Waals surface area contributed by atoms with E-state index < -0.39 is 0 Å². The first kappa shape index (κ1) is 25.7. The number of benzene rings is 6. The molecule has 0 atom stereocenters. The predicted octanol–water partition coefficient (Wildman–Crippen LogP) is 10.2. The number of rotatable bonds is 4. The van der Waals surface area contributed by atoms with E-state index in [4.69, 9.17) is 19.7 Å². The van der Waals surface area contributed by atoms with Crippen LogP contribution in [0.15, 0.2) is 155 Å². The normalized spacial score (nSPS) is 12.1. The van der Waals surface area contributed by atoms with Crippen molar-refractivity contribution in [3.8, 4) is 51.3 Å². The van der Waals surface area contributed by atoms with Crippen molar-refractivity contribution in [1.82, 2.24) is 19.5 Å². The standard InChI is InChI=1S/C39H24N4OS/c1-3-12-25(13-4-1)27-16-11-17-28(24-27)38-40-37(26-14-5-2-6-15-26)41-39(42-38)43-30-19-8-7-18-29(30)35-31(43)22-23-33-36(35)45-34-21-10-9-20-32(34)44-33/h1-24H. The van der Waals surface area contributed by atoms with Gasteiger partial charge in [0.15, 0.2) is 11.6 Å². The molecule has 1 aliphatic heterocycles. The van der Waals surface area contributed by atoms with Gasteiger partial charge in [0, 0.05) is 21.9 Å². The van der Waals surface area contributed by atoms with Gasteiger partial charge in [0.05, 0.1) is 20.8 Å². The Bertz CT molecular complexity index is 2390. The number of fused-ring (bicyclic) bond motifs is 6. The fourth-order valence-corrected chi connectivity index (χ4v) is 7.14. The van der Waals surface area contributed by atoms with Crippen LogP contribution in [0.2, 0.25) is 0 Å². The van der Waals surface area contributed by atoms with Crippen molar-refractivity contribution in [2.24, 2.45) is 0 Å². The van der Waals surface area contributed by atoms with Gasteiger partial charge in [0.1, 0.15) is 11.5 Å². The van der Waals surface area contributed by atoms with Crippen LogP contribution in [0.1, 0.15) is 0 Å². The highest BCUT2D eigenvalue weighted by molar-refractivity contribution is 7.99. The third kappa shape index (κ3) is 4.38. The molecule has 45 heavy (non-hydrogen) atoms. The second kappa shape index (κ2) is 10.5. The van der Waals surface area contributed by atoms with Gasteiger partial charge in [-0.05, 0) is 47.5 Å². The molecule has 0 fully saturated rings. The van der Waals surface area contributed by atoms with E-state index in [9.17, 15) is 0 Å². The first-order valence-electron chi connectivity index (χ1n) is 14.8. The number of ether oxygens (including phenoxy) is 1. The van der Waals surface area contributed by atoms with Crippen molar-refractivity contribution in [1.29, 1.82) is 0 Å². The van der Waals surface area contributed by atoms with E-state index in [0.29, 0.717) is 17.6 Å². The van der Waals surface area contributed by atoms with Gasteiger partial charge in [0.25, 0.3) is 0 Å². The molecule has 8 aromatic rings. The Balaban J connectivity index is 1.29. The molecule has 0 saturated carbocycles. The fourth-order valence-electron chi connectivity index (χ4n) is 6.03. The lowest BCUT2D eigenvalue weighted by molar-refractivity contribution is 0.456. The molecule has 212 valence electrons. The van der Waals surface area contributed by atoms with Gasteiger partial charge in [0.2, 0.25) is 5.95 Å². The van der Waals surface area contributed by atoms with Gasteiger partial charge < -0.3 is 4.74 Å². The summed E-state index contributed by atoms with van der Waals surface area (Å²) in [6.45, 7) is 0. The highest BCUT2D eigenvalue weighted by Crippen LogP contribution is 2.51. The minimum Gasteiger partial charge on any atom is -0.455 e. The number of aromatic nitrogens is 4. The second-order valence-electron chi connectivity index (χ2n) is 10.9. The van der Waals surface area contributed by atoms with Gasteiger partial charge in [-0.3, -0.25) is 4.57 Å². The molecule has 6 heteroatoms. The van der Waals surface area contributed by atoms with Crippen molar-refractivity contribution in [2.75, 3.05) is 0 Å². The summed E-state index contributed by atoms with van der Waals surface area (Å²) in [6.07, 6.45) is 0. The molecule has 5 nitrogen and oxygen atoms in total. The SMILES string of the molecule is c1ccc(-c2cccc(-c3nc(-c4ccccc4)nc(-n4c5ccccc5c5c6c(ccc54)Oc4ccccc4S6)n3)c2)cc1. The smallest absolute Gasteiger partial charge is 0.238 e. The molecule has 0 aliphatic carbocycles. The predicted molar refractivity (Wildman–Crippen MR) is 181 cm³/mol. The lowest BCUT2D eigenvalue weighted by Gasteiger charge is -2.20. The molecular formula is C39H24N4OS. The summed E-state index contributed by atoms with van der Waals surface area (Å²) in [5, 5.41) is 2.24. The van der Waals surface area contributed by atoms with Crippen LogP contribution in [-0.2, 0) is 0 Å². The van der Waals surface area contributed by atoms with Gasteiger partial charge in [-0.25, -0.2) is 4.98 Å². The summed E-state index contributed by atoms with van der Waals surface area (Å²) >= 11 is 1.74. The highest BCUT2D eigenvalue weighted by Gasteiger charge is 2.25. The third-order valence-electron chi connectivity index (χ3n) is 8.12. The van der Waals surface area contributed by atoms with Crippen molar-refractivity contribution >= 4 is 33.6 Å². The molecule has 0 amide bonds. The Kier molecular flexibility index (Phi) is 5.99. The maximum Gasteiger partial charge on any atom is 0.238 e. The lowest BCUT2D eigenvalue weighted by atomic mass is 10.0. The Morgan fingerprint density at radius 2 is 1.16 bits per heavy atom. The maximum absolute atomic E-state index is 6.38. The van der Waals surface area contributed by atoms with Crippen molar-refractivity contribution in [2.45, 2.75) is 9.79 Å². The van der Waals surface area contributed by atoms with E-state index >= 15 is 0 Å². The van der Waals surface area contributed by atoms with Gasteiger partial charge in [-0.15, -0.1) is 0 Å². The van der Waals surface area contributed by atoms with Crippen LogP contribution >= 0.6 is 11.8 Å². The average Bonchev–Trinajstić information content (AvgIpc) is 3.46. The summed E-state index contributed by atoms with van der Waals surface area (Å²) in [7, 11) is 0. The fraction of sp³-hybridized carbons (Fsp3) is 0. The summed E-state index contributed by atoms with van der Waals surface area (Å²) in [5.74, 6) is 3.54. The lowest BCUT2D eigenvalue weighted by Crippen LogP contribution is -2.06. The molecule has 0 N–H and O–H groups in total. The van der Waals surface area contributed by atoms with E-state index in [-0.39, 0.29) is 0 Å². The summed E-state index contributed by atoms with van der Waals surface area (Å²) in [5.41, 5.74) is 6.15. The average molecular weight is 597 g/mol. The minimum absolute atomic E-state index is 0.567. The Morgan fingerprint density at radius 3 is 2.00 bits per heavy atom. The zero-order valence-corrected chi connectivity index (χ0v) is 24.8. The van der Waals surface area contributed by atoms with E-state index in [1.54, 1.807) is 11.8 Å². The Hall–Kier alpha value is -5.72. The van der Waals surface area contributed by atoms with Crippen molar-refractivity contribution in [3.63, 3.8) is 0 Å². The van der Waals surface area contributed by atoms with E-state index in [1.807, 2.05) is 54.6 Å². The molecule has 0 saturated heterocycles. The first-order chi connectivity index (χ1) is 22.3. The molecule has 1 aliphatic rings. The van der Waals surface area contributed by atoms with Crippen LogP contribution < -0.4 is 4.74 Å². The first-order valence-corrected chi connectivity index (χ1v) is 15.6. The summed E-state index contributed by atoms with van der Waals surface area (Å²) in [4.78, 5) is 17.5. The minimum atomic E-state index is 0.567. The molecular weight excluding hydrogens is 573 g/mol. The molecule has 9 rings (SSSR count). The molecule has 0 spiro atoms. The maximum atomic E-state index is 6.38. The monoisotopic (exact) mass is 596 g/mol. The van der Waals surface area contributed by atoms with E-state index in [2.05, 4.69) is 95.6 Å². The number of para-hydroxylation sites is 2. The Morgan fingerprint density at radius 1 is 0.489 bits per heavy atom. The number of nitrogens with zero attached hydrogens (tertiary/aromatic N) is 4. The highest BCUT2D eigenvalue weighted by atomic mass is 32.2. The van der Waals surface area contributed by atoms with Gasteiger partial charge >= 0.3 is 0 Å². The van der Waals surface area contributed by atoms with Gasteiger partial charge in [-0.1, -0.05) is 121 Å². The quantitative estimate of drug-likeness (QED) is 0.202. The molecule has 0 unspecified atom stereocenters. The molecule has 6 aromatic carbocycles. The number of hydrogen-bond donors (Lipinski definition) is 0. The zero-order valence-electron chi connectivity index (χ0n) is 24.0. The van der Waals surface area contributed by atoms with Crippen LogP contribution in [0, 0.1) is 0 Å². The van der Waals surface area contributed by atoms with Crippen LogP contribution in [-0.4, -0.2) is 19.5 Å². The van der Waals surface area contributed by atoms with Crippen molar-refractivity contribution < 1.29 is 4.74 Å². The van der Waals surface area contributed by atoms with Gasteiger partial charge in [-0.2, -0.15) is 9.97 Å². The summed E-state index contributed by atoms with van der Waals surface area (Å²) in [6, 6.07) is 49.7. The topological polar surface area (TPSA) is 52.8 Å². The summed E-state index contributed by atoms with van der Waals surface area (Å²) < 4.78 is 8.54. The van der Waals surface area contributed by atoms with Crippen molar-refractivity contribution in [3.05, 3.63) is 146 Å². The van der Waals surface area contributed by atoms with Crippen LogP contribution in [0.25, 0.3) is 61.7 Å². The van der Waals surface area contributed by atoms with Crippen LogP contribution in [0.4, 0.5) is 0 Å². The molecule has 0 radical (unpaired) electrons. The molecule has 0 bridgehead atoms. The van der Waals surface area contributed by atoms with E-state index in [1.165, 1.54) is 0 Å². The third-order valence-corrected chi connectivity index (χ3v) is 9.29.